The summed E-state index contributed by atoms with van der Waals surface area (Å²) in [4.78, 5) is 24.5. The standard InChI is InChI=1S/C30H48O3/c1-18(2)19(3)8-9-20(4)25-12-13-26-24-11-10-22-16-23(32)14-15-29(22,6)28(24)27(33-21(5)31)17-30(25,26)7/h14-15,18-20,22,24-28H,8-13,16-17H2,1-7H3/t19-,20+,22-,24?,25?,26?,27+,28?,29?,30?/m0/s1. The lowest BCUT2D eigenvalue weighted by molar-refractivity contribution is -0.184. The third-order valence-corrected chi connectivity index (χ3v) is 11.2. The van der Waals surface area contributed by atoms with Crippen LogP contribution in [0.3, 0.4) is 0 Å². The molecule has 3 fully saturated rings. The zero-order valence-corrected chi connectivity index (χ0v) is 22.2. The summed E-state index contributed by atoms with van der Waals surface area (Å²) in [7, 11) is 0. The lowest BCUT2D eigenvalue weighted by Gasteiger charge is -2.61. The van der Waals surface area contributed by atoms with Crippen LogP contribution in [0.5, 0.6) is 0 Å². The molecule has 3 nitrogen and oxygen atoms in total. The molecule has 0 N–H and O–H groups in total. The van der Waals surface area contributed by atoms with E-state index in [4.69, 9.17) is 4.74 Å². The van der Waals surface area contributed by atoms with Crippen LogP contribution >= 0.6 is 0 Å². The Labute approximate surface area is 202 Å². The number of rotatable bonds is 6. The van der Waals surface area contributed by atoms with Gasteiger partial charge < -0.3 is 4.74 Å². The van der Waals surface area contributed by atoms with Crippen LogP contribution in [-0.2, 0) is 14.3 Å². The Balaban J connectivity index is 1.61. The normalized spacial score (nSPS) is 44.1. The maximum Gasteiger partial charge on any atom is 0.302 e. The third-order valence-electron chi connectivity index (χ3n) is 11.2. The van der Waals surface area contributed by atoms with Crippen molar-refractivity contribution in [1.29, 1.82) is 0 Å². The van der Waals surface area contributed by atoms with Gasteiger partial charge in [-0.2, -0.15) is 0 Å². The predicted octanol–water partition coefficient (Wildman–Crippen LogP) is 7.24. The lowest BCUT2D eigenvalue weighted by atomic mass is 9.44. The van der Waals surface area contributed by atoms with Crippen LogP contribution in [0.15, 0.2) is 12.2 Å². The van der Waals surface area contributed by atoms with Gasteiger partial charge in [0, 0.05) is 19.3 Å². The second-order valence-corrected chi connectivity index (χ2v) is 13.3. The van der Waals surface area contributed by atoms with Gasteiger partial charge in [-0.05, 0) is 90.4 Å². The van der Waals surface area contributed by atoms with Gasteiger partial charge in [0.15, 0.2) is 5.78 Å². The maximum atomic E-state index is 12.3. The summed E-state index contributed by atoms with van der Waals surface area (Å²) in [6.07, 6.45) is 13.3. The van der Waals surface area contributed by atoms with Crippen molar-refractivity contribution in [3.05, 3.63) is 12.2 Å². The van der Waals surface area contributed by atoms with Gasteiger partial charge in [0.25, 0.3) is 0 Å². The Bertz CT molecular complexity index is 783. The molecular formula is C30H48O3. The van der Waals surface area contributed by atoms with Gasteiger partial charge in [-0.1, -0.05) is 60.5 Å². The van der Waals surface area contributed by atoms with Crippen LogP contribution < -0.4 is 0 Å². The van der Waals surface area contributed by atoms with Crippen molar-refractivity contribution in [1.82, 2.24) is 0 Å². The average Bonchev–Trinajstić information content (AvgIpc) is 3.08. The molecule has 0 aromatic heterocycles. The molecule has 4 rings (SSSR count). The SMILES string of the molecule is CC(=O)O[C@@H]1CC2(C)C(CCC2[C@H](C)CC[C@H](C)C(C)C)C2CC[C@H]3CC(=O)C=CC3(C)C21. The van der Waals surface area contributed by atoms with Crippen molar-refractivity contribution in [3.8, 4) is 0 Å². The number of carbonyl (C=O) groups excluding carboxylic acids is 2. The first kappa shape index (κ1) is 25.0. The maximum absolute atomic E-state index is 12.3. The van der Waals surface area contributed by atoms with Gasteiger partial charge in [0.1, 0.15) is 6.10 Å². The predicted molar refractivity (Wildman–Crippen MR) is 133 cm³/mol. The summed E-state index contributed by atoms with van der Waals surface area (Å²) in [5, 5.41) is 0. The first-order chi connectivity index (χ1) is 15.5. The molecule has 0 saturated heterocycles. The monoisotopic (exact) mass is 456 g/mol. The highest BCUT2D eigenvalue weighted by atomic mass is 16.5. The molecule has 186 valence electrons. The van der Waals surface area contributed by atoms with Gasteiger partial charge in [0.2, 0.25) is 0 Å². The van der Waals surface area contributed by atoms with E-state index in [0.29, 0.717) is 30.1 Å². The van der Waals surface area contributed by atoms with Crippen molar-refractivity contribution in [2.24, 2.45) is 58.2 Å². The van der Waals surface area contributed by atoms with E-state index >= 15 is 0 Å². The first-order valence-corrected chi connectivity index (χ1v) is 13.9. The number of hydrogen-bond acceptors (Lipinski definition) is 3. The van der Waals surface area contributed by atoms with E-state index in [9.17, 15) is 9.59 Å². The van der Waals surface area contributed by atoms with Crippen molar-refractivity contribution in [2.45, 2.75) is 106 Å². The molecule has 10 atom stereocenters. The molecule has 0 heterocycles. The fraction of sp³-hybridized carbons (Fsp3) is 0.867. The van der Waals surface area contributed by atoms with Crippen molar-refractivity contribution < 1.29 is 14.3 Å². The summed E-state index contributed by atoms with van der Waals surface area (Å²) in [5.41, 5.74) is 0.216. The fourth-order valence-electron chi connectivity index (χ4n) is 9.08. The number of ketones is 1. The van der Waals surface area contributed by atoms with Crippen molar-refractivity contribution >= 4 is 11.8 Å². The minimum absolute atomic E-state index is 0.0261. The molecule has 0 aliphatic heterocycles. The molecule has 0 bridgehead atoms. The second-order valence-electron chi connectivity index (χ2n) is 13.3. The molecular weight excluding hydrogens is 408 g/mol. The quantitative estimate of drug-likeness (QED) is 0.396. The van der Waals surface area contributed by atoms with Crippen LogP contribution in [0.2, 0.25) is 0 Å². The summed E-state index contributed by atoms with van der Waals surface area (Å²) >= 11 is 0. The number of esters is 1. The number of carbonyl (C=O) groups is 2. The Kier molecular flexibility index (Phi) is 6.93. The molecule has 4 aliphatic carbocycles. The summed E-state index contributed by atoms with van der Waals surface area (Å²) in [5.74, 6) is 5.14. The summed E-state index contributed by atoms with van der Waals surface area (Å²) in [6, 6.07) is 0. The highest BCUT2D eigenvalue weighted by molar-refractivity contribution is 5.91. The van der Waals surface area contributed by atoms with Crippen molar-refractivity contribution in [3.63, 3.8) is 0 Å². The molecule has 0 amide bonds. The fourth-order valence-corrected chi connectivity index (χ4v) is 9.08. The number of allylic oxidation sites excluding steroid dienone is 2. The second kappa shape index (κ2) is 9.15. The molecule has 0 spiro atoms. The van der Waals surface area contributed by atoms with E-state index < -0.39 is 0 Å². The third kappa shape index (κ3) is 4.36. The minimum atomic E-state index is -0.143. The van der Waals surface area contributed by atoms with E-state index in [1.807, 2.05) is 6.08 Å². The van der Waals surface area contributed by atoms with E-state index in [0.717, 1.165) is 36.5 Å². The molecule has 6 unspecified atom stereocenters. The smallest absolute Gasteiger partial charge is 0.302 e. The number of fused-ring (bicyclic) bond motifs is 5. The van der Waals surface area contributed by atoms with Crippen molar-refractivity contribution in [2.75, 3.05) is 0 Å². The van der Waals surface area contributed by atoms with E-state index in [2.05, 4.69) is 47.6 Å². The van der Waals surface area contributed by atoms with Gasteiger partial charge in [0.05, 0.1) is 0 Å². The Morgan fingerprint density at radius 3 is 2.48 bits per heavy atom. The van der Waals surface area contributed by atoms with Gasteiger partial charge >= 0.3 is 5.97 Å². The molecule has 0 aromatic rings. The van der Waals surface area contributed by atoms with E-state index in [-0.39, 0.29) is 28.7 Å². The highest BCUT2D eigenvalue weighted by Gasteiger charge is 2.63. The molecule has 4 aliphatic rings. The Morgan fingerprint density at radius 1 is 1.09 bits per heavy atom. The van der Waals surface area contributed by atoms with E-state index in [1.54, 1.807) is 6.92 Å². The number of hydrogen-bond donors (Lipinski definition) is 0. The van der Waals surface area contributed by atoms with Crippen LogP contribution in [0.4, 0.5) is 0 Å². The Morgan fingerprint density at radius 2 is 1.82 bits per heavy atom. The minimum Gasteiger partial charge on any atom is -0.462 e. The first-order valence-electron chi connectivity index (χ1n) is 13.9. The van der Waals surface area contributed by atoms with Gasteiger partial charge in [-0.15, -0.1) is 0 Å². The topological polar surface area (TPSA) is 43.4 Å². The zero-order chi connectivity index (χ0) is 24.1. The molecule has 3 saturated carbocycles. The van der Waals surface area contributed by atoms with Gasteiger partial charge in [-0.25, -0.2) is 0 Å². The Hall–Kier alpha value is -1.12. The molecule has 3 heteroatoms. The van der Waals surface area contributed by atoms with Gasteiger partial charge in [-0.3, -0.25) is 9.59 Å². The zero-order valence-electron chi connectivity index (χ0n) is 22.2. The highest BCUT2D eigenvalue weighted by Crippen LogP contribution is 2.68. The molecule has 33 heavy (non-hydrogen) atoms. The van der Waals surface area contributed by atoms with Crippen LogP contribution in [-0.4, -0.2) is 17.9 Å². The summed E-state index contributed by atoms with van der Waals surface area (Å²) in [6.45, 7) is 16.1. The summed E-state index contributed by atoms with van der Waals surface area (Å²) < 4.78 is 6.18. The lowest BCUT2D eigenvalue weighted by Crippen LogP contribution is -2.59. The van der Waals surface area contributed by atoms with Crippen LogP contribution in [0.25, 0.3) is 0 Å². The average molecular weight is 457 g/mol. The largest absolute Gasteiger partial charge is 0.462 e. The van der Waals surface area contributed by atoms with E-state index in [1.165, 1.54) is 32.1 Å². The molecule has 0 radical (unpaired) electrons. The van der Waals surface area contributed by atoms with Crippen LogP contribution in [0.1, 0.15) is 99.8 Å². The molecule has 0 aromatic carbocycles. The number of ether oxygens (including phenoxy) is 1. The van der Waals surface area contributed by atoms with Crippen LogP contribution in [0, 0.1) is 58.2 Å².